The maximum absolute atomic E-state index is 12.3. The van der Waals surface area contributed by atoms with Crippen LogP contribution in [-0.4, -0.2) is 67.3 Å². The Hall–Kier alpha value is -1.28. The van der Waals surface area contributed by atoms with Crippen LogP contribution in [0.5, 0.6) is 0 Å². The Kier molecular flexibility index (Phi) is 6.10. The SMILES string of the molecule is CNC(=O)C1COCCN1C(=O)C(CS)NC(C)=O. The van der Waals surface area contributed by atoms with E-state index in [0.29, 0.717) is 13.2 Å². The van der Waals surface area contributed by atoms with Gasteiger partial charge in [0.05, 0.1) is 13.2 Å². The van der Waals surface area contributed by atoms with Gasteiger partial charge in [0.2, 0.25) is 17.7 Å². The number of nitrogens with one attached hydrogen (secondary N) is 2. The largest absolute Gasteiger partial charge is 0.377 e. The molecule has 3 amide bonds. The highest BCUT2D eigenvalue weighted by Gasteiger charge is 2.35. The molecule has 0 aromatic rings. The van der Waals surface area contributed by atoms with Gasteiger partial charge in [0, 0.05) is 26.3 Å². The summed E-state index contributed by atoms with van der Waals surface area (Å²) in [4.78, 5) is 36.5. The van der Waals surface area contributed by atoms with Gasteiger partial charge in [-0.1, -0.05) is 0 Å². The second-order valence-electron chi connectivity index (χ2n) is 4.17. The van der Waals surface area contributed by atoms with Gasteiger partial charge in [-0.15, -0.1) is 0 Å². The van der Waals surface area contributed by atoms with Gasteiger partial charge in [0.15, 0.2) is 0 Å². The fraction of sp³-hybridized carbons (Fsp3) is 0.727. The number of hydrogen-bond donors (Lipinski definition) is 3. The van der Waals surface area contributed by atoms with Crippen molar-refractivity contribution in [2.24, 2.45) is 0 Å². The predicted molar refractivity (Wildman–Crippen MR) is 71.8 cm³/mol. The number of nitrogens with zero attached hydrogens (tertiary/aromatic N) is 1. The summed E-state index contributed by atoms with van der Waals surface area (Å²) in [5.74, 6) is -0.732. The van der Waals surface area contributed by atoms with E-state index in [9.17, 15) is 14.4 Å². The highest BCUT2D eigenvalue weighted by Crippen LogP contribution is 2.10. The number of hydrogen-bond acceptors (Lipinski definition) is 5. The maximum Gasteiger partial charge on any atom is 0.246 e. The van der Waals surface area contributed by atoms with Gasteiger partial charge in [0.1, 0.15) is 12.1 Å². The molecule has 2 atom stereocenters. The third-order valence-electron chi connectivity index (χ3n) is 2.82. The quantitative estimate of drug-likeness (QED) is 0.544. The van der Waals surface area contributed by atoms with Crippen molar-refractivity contribution in [2.75, 3.05) is 32.6 Å². The van der Waals surface area contributed by atoms with Crippen LogP contribution >= 0.6 is 12.6 Å². The number of amides is 3. The lowest BCUT2D eigenvalue weighted by atomic mass is 10.1. The molecule has 1 heterocycles. The molecule has 0 aromatic heterocycles. The molecule has 19 heavy (non-hydrogen) atoms. The van der Waals surface area contributed by atoms with Crippen LogP contribution in [0, 0.1) is 0 Å². The van der Waals surface area contributed by atoms with E-state index in [-0.39, 0.29) is 30.1 Å². The topological polar surface area (TPSA) is 87.7 Å². The van der Waals surface area contributed by atoms with Crippen LogP contribution < -0.4 is 10.6 Å². The van der Waals surface area contributed by atoms with E-state index in [0.717, 1.165) is 0 Å². The summed E-state index contributed by atoms with van der Waals surface area (Å²) >= 11 is 4.06. The van der Waals surface area contributed by atoms with E-state index in [4.69, 9.17) is 4.74 Å². The van der Waals surface area contributed by atoms with Crippen molar-refractivity contribution in [2.45, 2.75) is 19.0 Å². The second kappa shape index (κ2) is 7.34. The average molecular weight is 289 g/mol. The van der Waals surface area contributed by atoms with E-state index in [1.165, 1.54) is 18.9 Å². The number of thiol groups is 1. The molecule has 1 rings (SSSR count). The van der Waals surface area contributed by atoms with E-state index >= 15 is 0 Å². The van der Waals surface area contributed by atoms with Crippen molar-refractivity contribution in [1.82, 2.24) is 15.5 Å². The van der Waals surface area contributed by atoms with Crippen molar-refractivity contribution in [3.63, 3.8) is 0 Å². The van der Waals surface area contributed by atoms with Gasteiger partial charge in [-0.05, 0) is 0 Å². The number of ether oxygens (including phenoxy) is 1. The summed E-state index contributed by atoms with van der Waals surface area (Å²) in [7, 11) is 1.50. The highest BCUT2D eigenvalue weighted by molar-refractivity contribution is 7.80. The third kappa shape index (κ3) is 4.10. The molecule has 108 valence electrons. The highest BCUT2D eigenvalue weighted by atomic mass is 32.1. The van der Waals surface area contributed by atoms with Crippen LogP contribution in [0.1, 0.15) is 6.92 Å². The number of rotatable bonds is 4. The Bertz CT molecular complexity index is 364. The number of morpholine rings is 1. The first-order valence-electron chi connectivity index (χ1n) is 5.99. The molecule has 0 radical (unpaired) electrons. The molecule has 0 bridgehead atoms. The first-order valence-corrected chi connectivity index (χ1v) is 6.62. The molecule has 1 fully saturated rings. The van der Waals surface area contributed by atoms with Crippen molar-refractivity contribution in [1.29, 1.82) is 0 Å². The van der Waals surface area contributed by atoms with Crippen LogP contribution in [0.2, 0.25) is 0 Å². The standard InChI is InChI=1S/C11H19N3O4S/c1-7(15)13-8(6-19)11(17)14-3-4-18-5-9(14)10(16)12-2/h8-9,19H,3-6H2,1-2H3,(H,12,16)(H,13,15). The zero-order chi connectivity index (χ0) is 14.4. The van der Waals surface area contributed by atoms with Gasteiger partial charge < -0.3 is 20.3 Å². The van der Waals surface area contributed by atoms with E-state index in [1.54, 1.807) is 0 Å². The molecule has 2 unspecified atom stereocenters. The van der Waals surface area contributed by atoms with Gasteiger partial charge in [0.25, 0.3) is 0 Å². The Morgan fingerprint density at radius 2 is 2.16 bits per heavy atom. The number of carbonyl (C=O) groups excluding carboxylic acids is 3. The lowest BCUT2D eigenvalue weighted by Gasteiger charge is -2.36. The molecule has 0 saturated carbocycles. The molecule has 8 heteroatoms. The second-order valence-corrected chi connectivity index (χ2v) is 4.54. The summed E-state index contributed by atoms with van der Waals surface area (Å²) in [5.41, 5.74) is 0. The van der Waals surface area contributed by atoms with Crippen LogP contribution in [0.4, 0.5) is 0 Å². The Morgan fingerprint density at radius 1 is 1.47 bits per heavy atom. The van der Waals surface area contributed by atoms with Gasteiger partial charge in [-0.3, -0.25) is 14.4 Å². The minimum Gasteiger partial charge on any atom is -0.377 e. The zero-order valence-corrected chi connectivity index (χ0v) is 11.9. The van der Waals surface area contributed by atoms with Crippen LogP contribution in [0.3, 0.4) is 0 Å². The molecule has 2 N–H and O–H groups in total. The summed E-state index contributed by atoms with van der Waals surface area (Å²) in [6.07, 6.45) is 0. The average Bonchev–Trinajstić information content (AvgIpc) is 2.42. The molecule has 0 aromatic carbocycles. The van der Waals surface area contributed by atoms with Crippen molar-refractivity contribution in [3.05, 3.63) is 0 Å². The lowest BCUT2D eigenvalue weighted by molar-refractivity contribution is -0.150. The molecular weight excluding hydrogens is 270 g/mol. The zero-order valence-electron chi connectivity index (χ0n) is 11.0. The lowest BCUT2D eigenvalue weighted by Crippen LogP contribution is -2.60. The van der Waals surface area contributed by atoms with Crippen molar-refractivity contribution >= 4 is 30.4 Å². The fourth-order valence-corrected chi connectivity index (χ4v) is 2.13. The van der Waals surface area contributed by atoms with Gasteiger partial charge in [-0.2, -0.15) is 12.6 Å². The molecule has 1 saturated heterocycles. The summed E-state index contributed by atoms with van der Waals surface area (Å²) in [6, 6.07) is -1.39. The fourth-order valence-electron chi connectivity index (χ4n) is 1.88. The van der Waals surface area contributed by atoms with Gasteiger partial charge in [-0.25, -0.2) is 0 Å². The Balaban J connectivity index is 2.80. The Labute approximate surface area is 117 Å². The normalized spacial score (nSPS) is 20.6. The first-order chi connectivity index (χ1) is 9.01. The number of likely N-dealkylation sites (N-methyl/N-ethyl adjacent to an activating group) is 1. The van der Waals surface area contributed by atoms with E-state index < -0.39 is 12.1 Å². The molecule has 7 nitrogen and oxygen atoms in total. The maximum atomic E-state index is 12.3. The predicted octanol–water partition coefficient (Wildman–Crippen LogP) is -1.61. The summed E-state index contributed by atoms with van der Waals surface area (Å²) in [5, 5.41) is 5.02. The number of carbonyl (C=O) groups is 3. The van der Waals surface area contributed by atoms with E-state index in [2.05, 4.69) is 23.3 Å². The molecule has 1 aliphatic rings. The molecule has 0 spiro atoms. The van der Waals surface area contributed by atoms with Gasteiger partial charge >= 0.3 is 0 Å². The smallest absolute Gasteiger partial charge is 0.246 e. The van der Waals surface area contributed by atoms with E-state index in [1.807, 2.05) is 0 Å². The summed E-state index contributed by atoms with van der Waals surface area (Å²) in [6.45, 7) is 2.18. The minimum absolute atomic E-state index is 0.158. The molecular formula is C11H19N3O4S. The first kappa shape index (κ1) is 15.8. The molecule has 1 aliphatic heterocycles. The molecule has 0 aliphatic carbocycles. The monoisotopic (exact) mass is 289 g/mol. The van der Waals surface area contributed by atoms with Crippen LogP contribution in [0.25, 0.3) is 0 Å². The Morgan fingerprint density at radius 3 is 2.68 bits per heavy atom. The van der Waals surface area contributed by atoms with Crippen molar-refractivity contribution < 1.29 is 19.1 Å². The van der Waals surface area contributed by atoms with Crippen LogP contribution in [0.15, 0.2) is 0 Å². The van der Waals surface area contributed by atoms with Crippen molar-refractivity contribution in [3.8, 4) is 0 Å². The third-order valence-corrected chi connectivity index (χ3v) is 3.18. The minimum atomic E-state index is -0.730. The summed E-state index contributed by atoms with van der Waals surface area (Å²) < 4.78 is 5.22. The van der Waals surface area contributed by atoms with Crippen LogP contribution in [-0.2, 0) is 19.1 Å².